The third kappa shape index (κ3) is 7.93. The van der Waals surface area contributed by atoms with Gasteiger partial charge in [-0.15, -0.1) is 0 Å². The van der Waals surface area contributed by atoms with Crippen molar-refractivity contribution in [1.82, 2.24) is 0 Å². The first-order valence-corrected chi connectivity index (χ1v) is 4.90. The number of rotatable bonds is 7. The summed E-state index contributed by atoms with van der Waals surface area (Å²) < 4.78 is 5.39. The van der Waals surface area contributed by atoms with Crippen LogP contribution in [-0.2, 0) is 19.1 Å². The Morgan fingerprint density at radius 1 is 1.38 bits per heavy atom. The number of carboxylic acids is 1. The Kier molecular flexibility index (Phi) is 5.66. The molecule has 0 spiro atoms. The third-order valence-electron chi connectivity index (χ3n) is 1.70. The molecule has 0 aromatic carbocycles. The van der Waals surface area contributed by atoms with Gasteiger partial charge in [0.1, 0.15) is 19.3 Å². The molecule has 1 unspecified atom stereocenters. The van der Waals surface area contributed by atoms with Gasteiger partial charge in [-0.05, 0) is 0 Å². The molecule has 0 radical (unpaired) electrons. The Morgan fingerprint density at radius 2 is 1.94 bits per heavy atom. The first-order chi connectivity index (χ1) is 7.24. The standard InChI is InChI=1S/C10H17NO5/c1-11(2,3)7-8(6-9(13)14)16-10(15)4-5-12/h5,8H,4,6-7H2,1-3H3/p+1. The number of hydrogen-bond donors (Lipinski definition) is 1. The second-order valence-electron chi connectivity index (χ2n) is 4.55. The van der Waals surface area contributed by atoms with Crippen LogP contribution in [0.15, 0.2) is 0 Å². The van der Waals surface area contributed by atoms with Crippen LogP contribution in [0.1, 0.15) is 12.8 Å². The molecule has 0 aliphatic heterocycles. The van der Waals surface area contributed by atoms with Crippen LogP contribution in [-0.4, -0.2) is 61.6 Å². The summed E-state index contributed by atoms with van der Waals surface area (Å²) in [6.45, 7) is 0.386. The molecular formula is C10H18NO5+. The van der Waals surface area contributed by atoms with E-state index in [1.165, 1.54) is 0 Å². The van der Waals surface area contributed by atoms with Crippen molar-refractivity contribution in [3.63, 3.8) is 0 Å². The highest BCUT2D eigenvalue weighted by Crippen LogP contribution is 2.05. The minimum Gasteiger partial charge on any atom is -0.481 e. The Morgan fingerprint density at radius 3 is 2.31 bits per heavy atom. The number of aldehydes is 1. The topological polar surface area (TPSA) is 80.7 Å². The number of likely N-dealkylation sites (N-methyl/N-ethyl adjacent to an activating group) is 1. The van der Waals surface area contributed by atoms with Gasteiger partial charge in [0.05, 0.1) is 27.6 Å². The molecule has 0 heterocycles. The maximum Gasteiger partial charge on any atom is 0.313 e. The molecule has 1 N–H and O–H groups in total. The van der Waals surface area contributed by atoms with Gasteiger partial charge < -0.3 is 19.1 Å². The van der Waals surface area contributed by atoms with Crippen molar-refractivity contribution < 1.29 is 28.7 Å². The second kappa shape index (κ2) is 6.22. The van der Waals surface area contributed by atoms with Crippen molar-refractivity contribution in [2.45, 2.75) is 18.9 Å². The summed E-state index contributed by atoms with van der Waals surface area (Å²) in [5.41, 5.74) is 0. The molecule has 0 bridgehead atoms. The molecule has 6 nitrogen and oxygen atoms in total. The van der Waals surface area contributed by atoms with Crippen LogP contribution >= 0.6 is 0 Å². The van der Waals surface area contributed by atoms with Crippen molar-refractivity contribution >= 4 is 18.2 Å². The lowest BCUT2D eigenvalue weighted by atomic mass is 10.2. The van der Waals surface area contributed by atoms with E-state index >= 15 is 0 Å². The Labute approximate surface area is 94.4 Å². The number of quaternary nitrogens is 1. The summed E-state index contributed by atoms with van der Waals surface area (Å²) in [6, 6.07) is 0. The number of esters is 1. The van der Waals surface area contributed by atoms with Crippen molar-refractivity contribution in [2.75, 3.05) is 27.7 Å². The van der Waals surface area contributed by atoms with Gasteiger partial charge in [0.2, 0.25) is 0 Å². The maximum atomic E-state index is 11.1. The van der Waals surface area contributed by atoms with Crippen LogP contribution in [0.4, 0.5) is 0 Å². The van der Waals surface area contributed by atoms with Crippen molar-refractivity contribution in [1.29, 1.82) is 0 Å². The zero-order chi connectivity index (χ0) is 12.8. The van der Waals surface area contributed by atoms with E-state index in [-0.39, 0.29) is 12.8 Å². The zero-order valence-electron chi connectivity index (χ0n) is 9.80. The molecule has 16 heavy (non-hydrogen) atoms. The minimum atomic E-state index is -1.03. The first-order valence-electron chi connectivity index (χ1n) is 4.90. The van der Waals surface area contributed by atoms with Gasteiger partial charge in [-0.2, -0.15) is 0 Å². The van der Waals surface area contributed by atoms with Crippen LogP contribution in [0.2, 0.25) is 0 Å². The van der Waals surface area contributed by atoms with E-state index in [1.54, 1.807) is 0 Å². The lowest BCUT2D eigenvalue weighted by molar-refractivity contribution is -0.873. The van der Waals surface area contributed by atoms with Gasteiger partial charge in [0, 0.05) is 0 Å². The number of aliphatic carboxylic acids is 1. The number of ether oxygens (including phenoxy) is 1. The van der Waals surface area contributed by atoms with Gasteiger partial charge in [-0.3, -0.25) is 9.59 Å². The fourth-order valence-corrected chi connectivity index (χ4v) is 1.25. The normalized spacial score (nSPS) is 12.9. The lowest BCUT2D eigenvalue weighted by Gasteiger charge is -2.28. The average molecular weight is 232 g/mol. The van der Waals surface area contributed by atoms with E-state index in [4.69, 9.17) is 9.84 Å². The highest BCUT2D eigenvalue weighted by molar-refractivity contribution is 5.84. The third-order valence-corrected chi connectivity index (χ3v) is 1.70. The highest BCUT2D eigenvalue weighted by Gasteiger charge is 2.24. The van der Waals surface area contributed by atoms with E-state index in [2.05, 4.69) is 0 Å². The van der Waals surface area contributed by atoms with Crippen molar-refractivity contribution in [3.8, 4) is 0 Å². The smallest absolute Gasteiger partial charge is 0.313 e. The minimum absolute atomic E-state index is 0.250. The molecular weight excluding hydrogens is 214 g/mol. The molecule has 0 aromatic heterocycles. The van der Waals surface area contributed by atoms with E-state index in [9.17, 15) is 14.4 Å². The number of carbonyl (C=O) groups excluding carboxylic acids is 2. The van der Waals surface area contributed by atoms with Crippen LogP contribution in [0.3, 0.4) is 0 Å². The summed E-state index contributed by atoms with van der Waals surface area (Å²) in [5.74, 6) is -1.72. The summed E-state index contributed by atoms with van der Waals surface area (Å²) >= 11 is 0. The van der Waals surface area contributed by atoms with Crippen molar-refractivity contribution in [3.05, 3.63) is 0 Å². The van der Waals surface area contributed by atoms with Crippen LogP contribution in [0.5, 0.6) is 0 Å². The summed E-state index contributed by atoms with van der Waals surface area (Å²) in [7, 11) is 5.59. The number of nitrogens with zero attached hydrogens (tertiary/aromatic N) is 1. The molecule has 0 amide bonds. The fourth-order valence-electron chi connectivity index (χ4n) is 1.25. The monoisotopic (exact) mass is 232 g/mol. The van der Waals surface area contributed by atoms with E-state index in [0.29, 0.717) is 17.3 Å². The molecule has 0 aliphatic rings. The molecule has 92 valence electrons. The van der Waals surface area contributed by atoms with Gasteiger partial charge in [0.25, 0.3) is 0 Å². The Hall–Kier alpha value is -1.43. The Bertz CT molecular complexity index is 269. The predicted octanol–water partition coefficient (Wildman–Crippen LogP) is -0.332. The van der Waals surface area contributed by atoms with Gasteiger partial charge >= 0.3 is 11.9 Å². The molecule has 1 atom stereocenters. The molecule has 0 rings (SSSR count). The van der Waals surface area contributed by atoms with Crippen LogP contribution < -0.4 is 0 Å². The molecule has 0 fully saturated rings. The summed E-state index contributed by atoms with van der Waals surface area (Å²) in [4.78, 5) is 31.7. The zero-order valence-corrected chi connectivity index (χ0v) is 9.80. The molecule has 6 heteroatoms. The largest absolute Gasteiger partial charge is 0.481 e. The van der Waals surface area contributed by atoms with Crippen LogP contribution in [0.25, 0.3) is 0 Å². The number of carbonyl (C=O) groups is 3. The fraction of sp³-hybridized carbons (Fsp3) is 0.700. The Balaban J connectivity index is 4.36. The number of carboxylic acid groups (broad SMARTS) is 1. The molecule has 0 saturated carbocycles. The number of hydrogen-bond acceptors (Lipinski definition) is 4. The maximum absolute atomic E-state index is 11.1. The van der Waals surface area contributed by atoms with Crippen molar-refractivity contribution in [2.24, 2.45) is 0 Å². The first kappa shape index (κ1) is 14.6. The summed E-state index contributed by atoms with van der Waals surface area (Å²) in [5, 5.41) is 8.66. The molecule has 0 saturated heterocycles. The van der Waals surface area contributed by atoms with Crippen LogP contribution in [0, 0.1) is 0 Å². The van der Waals surface area contributed by atoms with E-state index in [0.717, 1.165) is 0 Å². The average Bonchev–Trinajstić information content (AvgIpc) is 1.98. The van der Waals surface area contributed by atoms with E-state index in [1.807, 2.05) is 21.1 Å². The summed E-state index contributed by atoms with van der Waals surface area (Å²) in [6.07, 6.45) is -0.857. The highest BCUT2D eigenvalue weighted by atomic mass is 16.5. The molecule has 0 aliphatic carbocycles. The van der Waals surface area contributed by atoms with Gasteiger partial charge in [0.15, 0.2) is 6.10 Å². The van der Waals surface area contributed by atoms with Gasteiger partial charge in [-0.25, -0.2) is 0 Å². The van der Waals surface area contributed by atoms with Gasteiger partial charge in [-0.1, -0.05) is 0 Å². The molecule has 0 aromatic rings. The lowest BCUT2D eigenvalue weighted by Crippen LogP contribution is -2.43. The quantitative estimate of drug-likeness (QED) is 0.281. The van der Waals surface area contributed by atoms with E-state index < -0.39 is 18.0 Å². The predicted molar refractivity (Wildman–Crippen MR) is 55.7 cm³/mol. The SMILES string of the molecule is C[N+](C)(C)CC(CC(=O)O)OC(=O)CC=O. The second-order valence-corrected chi connectivity index (χ2v) is 4.55.